The van der Waals surface area contributed by atoms with Crippen LogP contribution < -0.4 is 0 Å². The van der Waals surface area contributed by atoms with Crippen LogP contribution in [0.4, 0.5) is 5.69 Å². The first kappa shape index (κ1) is 17.9. The van der Waals surface area contributed by atoms with Gasteiger partial charge in [-0.25, -0.2) is 0 Å². The third kappa shape index (κ3) is 5.69. The number of alkyl halides is 1. The summed E-state index contributed by atoms with van der Waals surface area (Å²) in [7, 11) is 0. The van der Waals surface area contributed by atoms with E-state index in [1.807, 2.05) is 19.1 Å². The highest BCUT2D eigenvalue weighted by Gasteiger charge is 2.07. The fourth-order valence-corrected chi connectivity index (χ4v) is 1.99. The number of hydrogen-bond acceptors (Lipinski definition) is 2. The molecule has 112 valence electrons. The van der Waals surface area contributed by atoms with Crippen molar-refractivity contribution in [3.63, 3.8) is 0 Å². The molecule has 0 aromatic heterocycles. The van der Waals surface area contributed by atoms with Gasteiger partial charge >= 0.3 is 5.69 Å². The van der Waals surface area contributed by atoms with Crippen LogP contribution in [0.5, 0.6) is 0 Å². The Morgan fingerprint density at radius 2 is 1.95 bits per heavy atom. The lowest BCUT2D eigenvalue weighted by Crippen LogP contribution is -1.93. The maximum Gasteiger partial charge on any atom is 0.385 e. The summed E-state index contributed by atoms with van der Waals surface area (Å²) in [4.78, 5) is 15.1. The van der Waals surface area contributed by atoms with E-state index in [0.717, 1.165) is 0 Å². The molecule has 0 atom stereocenters. The van der Waals surface area contributed by atoms with E-state index < -0.39 is 0 Å². The molecule has 0 heterocycles. The van der Waals surface area contributed by atoms with Crippen molar-refractivity contribution in [2.75, 3.05) is 5.88 Å². The van der Waals surface area contributed by atoms with Crippen LogP contribution in [0.3, 0.4) is 0 Å². The van der Waals surface area contributed by atoms with Crippen LogP contribution in [0.25, 0.3) is 4.98 Å². The molecule has 0 spiro atoms. The lowest BCUT2D eigenvalue weighted by molar-refractivity contribution is 0.104. The number of allylic oxidation sites excluding steroid dienone is 8. The van der Waals surface area contributed by atoms with Crippen molar-refractivity contribution < 1.29 is 4.79 Å². The van der Waals surface area contributed by atoms with Gasteiger partial charge in [0, 0.05) is 28.6 Å². The lowest BCUT2D eigenvalue weighted by atomic mass is 10.1. The molecule has 0 N–H and O–H groups in total. The second-order valence-corrected chi connectivity index (χ2v) is 4.91. The minimum absolute atomic E-state index is 0.175. The normalized spacial score (nSPS) is 12.8. The van der Waals surface area contributed by atoms with Crippen LogP contribution >= 0.6 is 23.2 Å². The molecule has 1 aromatic rings. The van der Waals surface area contributed by atoms with Crippen molar-refractivity contribution in [1.82, 2.24) is 0 Å². The van der Waals surface area contributed by atoms with Crippen LogP contribution in [-0.2, 0) is 0 Å². The van der Waals surface area contributed by atoms with Gasteiger partial charge in [-0.3, -0.25) is 4.79 Å². The van der Waals surface area contributed by atoms with Crippen molar-refractivity contribution in [3.05, 3.63) is 81.9 Å². The summed E-state index contributed by atoms with van der Waals surface area (Å²) < 4.78 is 0. The van der Waals surface area contributed by atoms with Crippen LogP contribution in [-0.4, -0.2) is 11.7 Å². The lowest BCUT2D eigenvalue weighted by Gasteiger charge is -1.99. The maximum atomic E-state index is 12.1. The second kappa shape index (κ2) is 9.73. The van der Waals surface area contributed by atoms with Crippen LogP contribution in [0.15, 0.2) is 71.3 Å². The number of benzene rings is 1. The van der Waals surface area contributed by atoms with Crippen molar-refractivity contribution in [2.45, 2.75) is 6.92 Å². The highest BCUT2D eigenvalue weighted by atomic mass is 35.5. The molecule has 1 rings (SSSR count). The molecular weight excluding hydrogens is 319 g/mol. The molecule has 0 aliphatic carbocycles. The zero-order valence-corrected chi connectivity index (χ0v) is 13.6. The van der Waals surface area contributed by atoms with E-state index in [0.29, 0.717) is 27.7 Å². The Kier molecular flexibility index (Phi) is 7.91. The Morgan fingerprint density at radius 3 is 2.50 bits per heavy atom. The molecule has 0 saturated heterocycles. The van der Waals surface area contributed by atoms with Gasteiger partial charge in [0.25, 0.3) is 0 Å². The summed E-state index contributed by atoms with van der Waals surface area (Å²) in [5.41, 5.74) is 1.57. The highest BCUT2D eigenvalue weighted by molar-refractivity contribution is 6.33. The van der Waals surface area contributed by atoms with Gasteiger partial charge in [0.15, 0.2) is 10.8 Å². The minimum Gasteiger partial charge on any atom is -0.289 e. The fraction of sp³-hybridized carbons (Fsp3) is 0.118. The molecule has 3 nitrogen and oxygen atoms in total. The summed E-state index contributed by atoms with van der Waals surface area (Å²) in [5.74, 6) is 0.117. The number of halogens is 2. The Labute approximate surface area is 139 Å². The number of carbonyl (C=O) groups is 1. The summed E-state index contributed by atoms with van der Waals surface area (Å²) >= 11 is 11.8. The summed E-state index contributed by atoms with van der Waals surface area (Å²) in [5, 5.41) is 9.10. The SMILES string of the molecule is C/C=C/C=C(/C=C/C(=O)c1ccc([N+]#N)cc1)C(\Cl)=C/CCl. The third-order valence-electron chi connectivity index (χ3n) is 2.68. The quantitative estimate of drug-likeness (QED) is 0.218. The third-order valence-corrected chi connectivity index (χ3v) is 3.21. The maximum absolute atomic E-state index is 12.1. The molecular formula is C17H15Cl2N2O+. The summed E-state index contributed by atoms with van der Waals surface area (Å²) in [6.45, 7) is 1.88. The Bertz CT molecular complexity index is 678. The molecule has 22 heavy (non-hydrogen) atoms. The Hall–Kier alpha value is -2.15. The molecule has 0 saturated carbocycles. The average Bonchev–Trinajstić information content (AvgIpc) is 2.55. The molecule has 0 amide bonds. The van der Waals surface area contributed by atoms with E-state index in [1.54, 1.807) is 42.5 Å². The van der Waals surface area contributed by atoms with Gasteiger partial charge in [0.05, 0.1) is 0 Å². The zero-order valence-electron chi connectivity index (χ0n) is 12.0. The standard InChI is InChI=1S/C17H15Cl2N2O/c1-2-3-4-13(16(19)11-12-18)7-10-17(22)14-5-8-15(21-20)9-6-14/h2-11H,12H2,1H3/q+1/b3-2+,10-7+,13-4-,16-11+. The predicted octanol–water partition coefficient (Wildman–Crippen LogP) is 5.77. The van der Waals surface area contributed by atoms with Crippen LogP contribution in [0.2, 0.25) is 0 Å². The first-order chi connectivity index (χ1) is 10.6. The van der Waals surface area contributed by atoms with E-state index in [4.69, 9.17) is 28.6 Å². The molecule has 1 aromatic carbocycles. The van der Waals surface area contributed by atoms with Crippen LogP contribution in [0, 0.1) is 5.39 Å². The molecule has 0 aliphatic heterocycles. The fourth-order valence-electron chi connectivity index (χ4n) is 1.55. The van der Waals surface area contributed by atoms with Gasteiger partial charge in [0.2, 0.25) is 5.39 Å². The van der Waals surface area contributed by atoms with Gasteiger partial charge < -0.3 is 0 Å². The number of rotatable bonds is 6. The van der Waals surface area contributed by atoms with Crippen molar-refractivity contribution >= 4 is 34.7 Å². The largest absolute Gasteiger partial charge is 0.385 e. The summed E-state index contributed by atoms with van der Waals surface area (Å²) in [6, 6.07) is 6.29. The molecule has 0 fully saturated rings. The van der Waals surface area contributed by atoms with Gasteiger partial charge in [0.1, 0.15) is 0 Å². The number of hydrogen-bond donors (Lipinski definition) is 0. The molecule has 0 bridgehead atoms. The van der Waals surface area contributed by atoms with E-state index >= 15 is 0 Å². The van der Waals surface area contributed by atoms with E-state index in [-0.39, 0.29) is 5.78 Å². The summed E-state index contributed by atoms with van der Waals surface area (Å²) in [6.07, 6.45) is 10.2. The van der Waals surface area contributed by atoms with Crippen LogP contribution in [0.1, 0.15) is 17.3 Å². The van der Waals surface area contributed by atoms with E-state index in [2.05, 4.69) is 4.98 Å². The van der Waals surface area contributed by atoms with Gasteiger partial charge in [-0.1, -0.05) is 35.9 Å². The number of nitrogens with zero attached hydrogens (tertiary/aromatic N) is 2. The molecule has 5 heteroatoms. The highest BCUT2D eigenvalue weighted by Crippen LogP contribution is 2.18. The number of ketones is 1. The van der Waals surface area contributed by atoms with Crippen molar-refractivity contribution in [1.29, 1.82) is 5.39 Å². The molecule has 0 radical (unpaired) electrons. The second-order valence-electron chi connectivity index (χ2n) is 4.20. The van der Waals surface area contributed by atoms with E-state index in [9.17, 15) is 4.79 Å². The molecule has 0 aliphatic rings. The Balaban J connectivity index is 2.96. The van der Waals surface area contributed by atoms with Crippen molar-refractivity contribution in [3.8, 4) is 0 Å². The van der Waals surface area contributed by atoms with E-state index in [1.165, 1.54) is 6.08 Å². The minimum atomic E-state index is -0.175. The zero-order chi connectivity index (χ0) is 16.4. The van der Waals surface area contributed by atoms with Gasteiger partial charge in [-0.05, 0) is 36.8 Å². The average molecular weight is 334 g/mol. The first-order valence-corrected chi connectivity index (χ1v) is 7.46. The monoisotopic (exact) mass is 333 g/mol. The van der Waals surface area contributed by atoms with Crippen molar-refractivity contribution in [2.24, 2.45) is 0 Å². The first-order valence-electron chi connectivity index (χ1n) is 6.55. The number of diazo groups is 1. The smallest absolute Gasteiger partial charge is 0.289 e. The topological polar surface area (TPSA) is 45.2 Å². The predicted molar refractivity (Wildman–Crippen MR) is 92.2 cm³/mol. The van der Waals surface area contributed by atoms with Gasteiger partial charge in [-0.2, -0.15) is 0 Å². The number of carbonyl (C=O) groups excluding carboxylic acids is 1. The Morgan fingerprint density at radius 1 is 1.27 bits per heavy atom. The van der Waals surface area contributed by atoms with Gasteiger partial charge in [-0.15, -0.1) is 11.6 Å². The molecule has 0 unspecified atom stereocenters.